The van der Waals surface area contributed by atoms with E-state index in [9.17, 15) is 10.1 Å². The van der Waals surface area contributed by atoms with Crippen molar-refractivity contribution >= 4 is 33.9 Å². The Labute approximate surface area is 146 Å². The number of alkyl halides is 1. The summed E-state index contributed by atoms with van der Waals surface area (Å²) in [5.74, 6) is -0.136. The van der Waals surface area contributed by atoms with Gasteiger partial charge in [0.2, 0.25) is 0 Å². The standard InChI is InChI=1S/C11H14BrNO4S.Na/c1-7-5-9(11(14)13-8(2)6-12)3-4-10(7)18-17-16-15;/h3-5,8,15H,6H2,1-2H3,(H,13,14);/q;+1/p-1. The van der Waals surface area contributed by atoms with Crippen LogP contribution in [0.3, 0.4) is 0 Å². The maximum atomic E-state index is 11.8. The maximum absolute atomic E-state index is 11.8. The summed E-state index contributed by atoms with van der Waals surface area (Å²) in [6.45, 7) is 3.73. The van der Waals surface area contributed by atoms with Gasteiger partial charge in [-0.3, -0.25) is 9.83 Å². The molecule has 5 nitrogen and oxygen atoms in total. The molecule has 8 heteroatoms. The first kappa shape index (κ1) is 19.4. The fraction of sp³-hybridized carbons (Fsp3) is 0.364. The van der Waals surface area contributed by atoms with Crippen molar-refractivity contribution in [1.29, 1.82) is 0 Å². The number of carbonyl (C=O) groups is 1. The molecule has 1 rings (SSSR count). The Bertz CT molecular complexity index is 422. The van der Waals surface area contributed by atoms with Crippen LogP contribution >= 0.6 is 28.0 Å². The van der Waals surface area contributed by atoms with Gasteiger partial charge in [-0.1, -0.05) is 15.9 Å². The zero-order valence-corrected chi connectivity index (χ0v) is 15.3. The summed E-state index contributed by atoms with van der Waals surface area (Å²) >= 11 is 4.10. The molecule has 100 valence electrons. The van der Waals surface area contributed by atoms with Crippen LogP contribution in [0.2, 0.25) is 0 Å². The van der Waals surface area contributed by atoms with E-state index in [0.717, 1.165) is 22.5 Å². The minimum atomic E-state index is -0.136. The fourth-order valence-corrected chi connectivity index (χ4v) is 1.86. The predicted molar refractivity (Wildman–Crippen MR) is 69.9 cm³/mol. The topological polar surface area (TPSA) is 70.6 Å². The van der Waals surface area contributed by atoms with Gasteiger partial charge in [0.05, 0.1) is 12.0 Å². The second-order valence-electron chi connectivity index (χ2n) is 3.73. The number of benzene rings is 1. The van der Waals surface area contributed by atoms with Crippen LogP contribution in [0, 0.1) is 6.92 Å². The molecular formula is C11H13BrNNaO4S. The van der Waals surface area contributed by atoms with Gasteiger partial charge in [-0.2, -0.15) is 4.33 Å². The molecule has 19 heavy (non-hydrogen) atoms. The number of carbonyl (C=O) groups excluding carboxylic acids is 1. The molecule has 0 spiro atoms. The number of rotatable bonds is 6. The summed E-state index contributed by atoms with van der Waals surface area (Å²) in [7, 11) is 0. The molecule has 0 fully saturated rings. The Morgan fingerprint density at radius 2 is 2.26 bits per heavy atom. The number of nitrogens with one attached hydrogen (secondary N) is 1. The summed E-state index contributed by atoms with van der Waals surface area (Å²) in [4.78, 5) is 12.6. The van der Waals surface area contributed by atoms with Gasteiger partial charge < -0.3 is 10.6 Å². The van der Waals surface area contributed by atoms with E-state index in [1.165, 1.54) is 0 Å². The zero-order valence-electron chi connectivity index (χ0n) is 10.9. The smallest absolute Gasteiger partial charge is 0.691 e. The van der Waals surface area contributed by atoms with E-state index in [-0.39, 0.29) is 41.5 Å². The van der Waals surface area contributed by atoms with Gasteiger partial charge in [0.15, 0.2) is 0 Å². The molecule has 0 aliphatic rings. The van der Waals surface area contributed by atoms with Crippen molar-refractivity contribution in [2.75, 3.05) is 5.33 Å². The number of hydrogen-bond donors (Lipinski definition) is 1. The van der Waals surface area contributed by atoms with Gasteiger partial charge in [0.25, 0.3) is 5.91 Å². The molecule has 1 N–H and O–H groups in total. The number of aryl methyl sites for hydroxylation is 1. The third kappa shape index (κ3) is 6.59. The van der Waals surface area contributed by atoms with Crippen molar-refractivity contribution < 1.29 is 49.0 Å². The molecule has 1 aromatic rings. The maximum Gasteiger partial charge on any atom is 1.00 e. The van der Waals surface area contributed by atoms with Crippen molar-refractivity contribution in [1.82, 2.24) is 5.32 Å². The van der Waals surface area contributed by atoms with Crippen LogP contribution in [0.15, 0.2) is 23.1 Å². The Kier molecular flexibility index (Phi) is 10.4. The molecule has 0 aliphatic carbocycles. The third-order valence-corrected chi connectivity index (χ3v) is 3.93. The van der Waals surface area contributed by atoms with E-state index in [2.05, 4.69) is 30.6 Å². The fourth-order valence-electron chi connectivity index (χ4n) is 1.28. The van der Waals surface area contributed by atoms with Crippen LogP contribution in [0.1, 0.15) is 22.8 Å². The second kappa shape index (κ2) is 10.2. The monoisotopic (exact) mass is 357 g/mol. The van der Waals surface area contributed by atoms with Crippen LogP contribution in [0.5, 0.6) is 0 Å². The molecule has 0 radical (unpaired) electrons. The normalized spacial score (nSPS) is 11.6. The summed E-state index contributed by atoms with van der Waals surface area (Å²) < 4.78 is 4.24. The molecule has 0 bridgehead atoms. The molecule has 1 amide bonds. The van der Waals surface area contributed by atoms with E-state index in [1.54, 1.807) is 18.2 Å². The first-order chi connectivity index (χ1) is 8.58. The Morgan fingerprint density at radius 3 is 2.79 bits per heavy atom. The second-order valence-corrected chi connectivity index (χ2v) is 5.12. The van der Waals surface area contributed by atoms with Crippen LogP contribution < -0.4 is 40.1 Å². The minimum absolute atomic E-state index is 0. The Morgan fingerprint density at radius 1 is 1.58 bits per heavy atom. The van der Waals surface area contributed by atoms with Crippen molar-refractivity contribution in [2.24, 2.45) is 0 Å². The van der Waals surface area contributed by atoms with E-state index < -0.39 is 0 Å². The SMILES string of the molecule is Cc1cc(C(=O)NC(C)CBr)ccc1SOO[O-].[Na+]. The summed E-state index contributed by atoms with van der Waals surface area (Å²) in [6, 6.07) is 5.16. The molecule has 0 saturated carbocycles. The van der Waals surface area contributed by atoms with Gasteiger partial charge in [-0.15, -0.1) is 0 Å². The summed E-state index contributed by atoms with van der Waals surface area (Å²) in [5.41, 5.74) is 1.39. The molecule has 1 atom stereocenters. The Hall–Kier alpha value is 0.400. The predicted octanol–water partition coefficient (Wildman–Crippen LogP) is -1.26. The first-order valence-corrected chi connectivity index (χ1v) is 7.05. The molecule has 0 heterocycles. The summed E-state index contributed by atoms with van der Waals surface area (Å²) in [5, 5.41) is 16.5. The van der Waals surface area contributed by atoms with E-state index >= 15 is 0 Å². The molecular weight excluding hydrogens is 345 g/mol. The number of amides is 1. The molecule has 0 aliphatic heterocycles. The van der Waals surface area contributed by atoms with Crippen LogP contribution in [0.25, 0.3) is 0 Å². The van der Waals surface area contributed by atoms with Gasteiger partial charge >= 0.3 is 29.6 Å². The molecule has 1 aromatic carbocycles. The molecule has 0 aromatic heterocycles. The minimum Gasteiger partial charge on any atom is -0.691 e. The van der Waals surface area contributed by atoms with E-state index in [0.29, 0.717) is 10.9 Å². The third-order valence-electron chi connectivity index (χ3n) is 2.20. The van der Waals surface area contributed by atoms with E-state index in [4.69, 9.17) is 0 Å². The van der Waals surface area contributed by atoms with E-state index in [1.807, 2.05) is 13.8 Å². The molecule has 0 saturated heterocycles. The van der Waals surface area contributed by atoms with Crippen molar-refractivity contribution in [3.05, 3.63) is 29.3 Å². The van der Waals surface area contributed by atoms with Gasteiger partial charge in [-0.05, 0) is 37.6 Å². The average molecular weight is 358 g/mol. The van der Waals surface area contributed by atoms with Crippen LogP contribution in [-0.4, -0.2) is 17.3 Å². The quantitative estimate of drug-likeness (QED) is 0.226. The zero-order chi connectivity index (χ0) is 13.5. The van der Waals surface area contributed by atoms with Crippen molar-refractivity contribution in [3.8, 4) is 0 Å². The van der Waals surface area contributed by atoms with Gasteiger partial charge in [-0.25, -0.2) is 0 Å². The van der Waals surface area contributed by atoms with Crippen molar-refractivity contribution in [3.63, 3.8) is 0 Å². The summed E-state index contributed by atoms with van der Waals surface area (Å²) in [6.07, 6.45) is 0. The number of hydrogen-bond acceptors (Lipinski definition) is 5. The first-order valence-electron chi connectivity index (χ1n) is 5.19. The number of halogens is 1. The van der Waals surface area contributed by atoms with Crippen LogP contribution in [-0.2, 0) is 9.37 Å². The van der Waals surface area contributed by atoms with Crippen LogP contribution in [0.4, 0.5) is 0 Å². The van der Waals surface area contributed by atoms with Crippen molar-refractivity contribution in [2.45, 2.75) is 24.8 Å². The van der Waals surface area contributed by atoms with Gasteiger partial charge in [0.1, 0.15) is 0 Å². The average Bonchev–Trinajstić information content (AvgIpc) is 2.37. The molecule has 1 unspecified atom stereocenters. The largest absolute Gasteiger partial charge is 1.00 e. The Balaban J connectivity index is 0.00000324. The van der Waals surface area contributed by atoms with Gasteiger partial charge in [0, 0.05) is 21.8 Å².